The van der Waals surface area contributed by atoms with Gasteiger partial charge in [0.15, 0.2) is 5.82 Å². The SMILES string of the molecule is COc1cccc(NC(=O)c2nc(-c3cccc(C)c3)n(-c3ccc(C)cc3)n2)c1. The number of hydrogen-bond donors (Lipinski definition) is 1. The lowest BCUT2D eigenvalue weighted by Gasteiger charge is -2.07. The maximum atomic E-state index is 12.9. The highest BCUT2D eigenvalue weighted by atomic mass is 16.5. The Hall–Kier alpha value is -3.93. The summed E-state index contributed by atoms with van der Waals surface area (Å²) in [4.78, 5) is 17.4. The average Bonchev–Trinajstić information content (AvgIpc) is 3.20. The summed E-state index contributed by atoms with van der Waals surface area (Å²) < 4.78 is 6.92. The van der Waals surface area contributed by atoms with Crippen LogP contribution in [-0.4, -0.2) is 27.8 Å². The van der Waals surface area contributed by atoms with Crippen LogP contribution in [0.25, 0.3) is 17.1 Å². The lowest BCUT2D eigenvalue weighted by Crippen LogP contribution is -2.14. The van der Waals surface area contributed by atoms with E-state index in [0.29, 0.717) is 17.3 Å². The van der Waals surface area contributed by atoms with Gasteiger partial charge in [0.05, 0.1) is 12.8 Å². The van der Waals surface area contributed by atoms with Gasteiger partial charge in [-0.3, -0.25) is 4.79 Å². The lowest BCUT2D eigenvalue weighted by molar-refractivity contribution is 0.101. The van der Waals surface area contributed by atoms with Crippen molar-refractivity contribution in [3.63, 3.8) is 0 Å². The number of hydrogen-bond acceptors (Lipinski definition) is 4. The number of carbonyl (C=O) groups excluding carboxylic acids is 1. The summed E-state index contributed by atoms with van der Waals surface area (Å²) in [5.41, 5.74) is 4.59. The molecule has 0 saturated heterocycles. The number of nitrogens with one attached hydrogen (secondary N) is 1. The molecule has 1 amide bonds. The second kappa shape index (κ2) is 8.21. The largest absolute Gasteiger partial charge is 0.497 e. The predicted octanol–water partition coefficient (Wildman–Crippen LogP) is 4.81. The summed E-state index contributed by atoms with van der Waals surface area (Å²) in [6.45, 7) is 4.05. The first-order valence-electron chi connectivity index (χ1n) is 9.60. The maximum Gasteiger partial charge on any atom is 0.295 e. The van der Waals surface area contributed by atoms with E-state index in [4.69, 9.17) is 4.74 Å². The van der Waals surface area contributed by atoms with Crippen molar-refractivity contribution >= 4 is 11.6 Å². The zero-order valence-electron chi connectivity index (χ0n) is 17.1. The average molecular weight is 398 g/mol. The fraction of sp³-hybridized carbons (Fsp3) is 0.125. The summed E-state index contributed by atoms with van der Waals surface area (Å²) >= 11 is 0. The summed E-state index contributed by atoms with van der Waals surface area (Å²) in [7, 11) is 1.58. The van der Waals surface area contributed by atoms with Gasteiger partial charge in [0.1, 0.15) is 5.75 Å². The molecular formula is C24H22N4O2. The molecule has 1 N–H and O–H groups in total. The van der Waals surface area contributed by atoms with E-state index in [9.17, 15) is 4.79 Å². The van der Waals surface area contributed by atoms with Crippen LogP contribution in [0.15, 0.2) is 72.8 Å². The molecule has 0 aliphatic heterocycles. The van der Waals surface area contributed by atoms with Crippen LogP contribution in [0.2, 0.25) is 0 Å². The molecule has 150 valence electrons. The molecule has 4 rings (SSSR count). The van der Waals surface area contributed by atoms with Crippen molar-refractivity contribution in [1.82, 2.24) is 14.8 Å². The van der Waals surface area contributed by atoms with Gasteiger partial charge in [-0.25, -0.2) is 9.67 Å². The van der Waals surface area contributed by atoms with E-state index in [1.165, 1.54) is 0 Å². The molecule has 1 aromatic heterocycles. The van der Waals surface area contributed by atoms with Crippen molar-refractivity contribution in [2.45, 2.75) is 13.8 Å². The lowest BCUT2D eigenvalue weighted by atomic mass is 10.1. The van der Waals surface area contributed by atoms with Gasteiger partial charge in [-0.1, -0.05) is 47.5 Å². The Labute approximate surface area is 175 Å². The number of carbonyl (C=O) groups is 1. The predicted molar refractivity (Wildman–Crippen MR) is 117 cm³/mol. The van der Waals surface area contributed by atoms with Gasteiger partial charge in [-0.2, -0.15) is 0 Å². The molecule has 4 aromatic rings. The van der Waals surface area contributed by atoms with E-state index < -0.39 is 0 Å². The molecule has 0 radical (unpaired) electrons. The van der Waals surface area contributed by atoms with E-state index in [0.717, 1.165) is 22.4 Å². The van der Waals surface area contributed by atoms with Crippen LogP contribution >= 0.6 is 0 Å². The molecule has 0 unspecified atom stereocenters. The number of aryl methyl sites for hydroxylation is 2. The fourth-order valence-electron chi connectivity index (χ4n) is 3.13. The smallest absolute Gasteiger partial charge is 0.295 e. The molecule has 0 aliphatic rings. The topological polar surface area (TPSA) is 69.0 Å². The highest BCUT2D eigenvalue weighted by Crippen LogP contribution is 2.23. The Kier molecular flexibility index (Phi) is 5.30. The van der Waals surface area contributed by atoms with E-state index in [2.05, 4.69) is 15.4 Å². The Morgan fingerprint density at radius 1 is 0.933 bits per heavy atom. The molecule has 6 nitrogen and oxygen atoms in total. The summed E-state index contributed by atoms with van der Waals surface area (Å²) in [5.74, 6) is 0.975. The van der Waals surface area contributed by atoms with Crippen LogP contribution in [0, 0.1) is 13.8 Å². The first kappa shape index (κ1) is 19.4. The summed E-state index contributed by atoms with van der Waals surface area (Å²) in [5, 5.41) is 7.36. The monoisotopic (exact) mass is 398 g/mol. The second-order valence-electron chi connectivity index (χ2n) is 7.06. The van der Waals surface area contributed by atoms with Crippen LogP contribution in [0.5, 0.6) is 5.75 Å². The van der Waals surface area contributed by atoms with Gasteiger partial charge in [0.25, 0.3) is 5.91 Å². The van der Waals surface area contributed by atoms with E-state index >= 15 is 0 Å². The summed E-state index contributed by atoms with van der Waals surface area (Å²) in [6.07, 6.45) is 0. The molecule has 0 bridgehead atoms. The number of anilines is 1. The van der Waals surface area contributed by atoms with Crippen LogP contribution in [0.1, 0.15) is 21.7 Å². The van der Waals surface area contributed by atoms with Crippen LogP contribution < -0.4 is 10.1 Å². The molecule has 3 aromatic carbocycles. The number of ether oxygens (including phenoxy) is 1. The van der Waals surface area contributed by atoms with Crippen molar-refractivity contribution in [3.05, 3.63) is 89.7 Å². The Bertz CT molecular complexity index is 1200. The van der Waals surface area contributed by atoms with Crippen LogP contribution in [0.4, 0.5) is 5.69 Å². The maximum absolute atomic E-state index is 12.9. The third-order valence-corrected chi connectivity index (χ3v) is 4.69. The van der Waals surface area contributed by atoms with Gasteiger partial charge >= 0.3 is 0 Å². The zero-order chi connectivity index (χ0) is 21.1. The molecule has 0 atom stereocenters. The number of amides is 1. The molecule has 1 heterocycles. The zero-order valence-corrected chi connectivity index (χ0v) is 17.1. The van der Waals surface area contributed by atoms with Crippen molar-refractivity contribution in [2.75, 3.05) is 12.4 Å². The second-order valence-corrected chi connectivity index (χ2v) is 7.06. The number of aromatic nitrogens is 3. The molecule has 30 heavy (non-hydrogen) atoms. The standard InChI is InChI=1S/C24H22N4O2/c1-16-10-12-20(13-11-16)28-23(18-7-4-6-17(2)14-18)26-22(27-28)24(29)25-19-8-5-9-21(15-19)30-3/h4-15H,1-3H3,(H,25,29). The normalized spacial score (nSPS) is 10.6. The quantitative estimate of drug-likeness (QED) is 0.524. The number of benzene rings is 3. The third-order valence-electron chi connectivity index (χ3n) is 4.69. The van der Waals surface area contributed by atoms with Crippen molar-refractivity contribution < 1.29 is 9.53 Å². The van der Waals surface area contributed by atoms with Gasteiger partial charge in [0.2, 0.25) is 5.82 Å². The Morgan fingerprint density at radius 2 is 1.70 bits per heavy atom. The number of nitrogens with zero attached hydrogens (tertiary/aromatic N) is 3. The summed E-state index contributed by atoms with van der Waals surface area (Å²) in [6, 6.07) is 23.1. The number of rotatable bonds is 5. The van der Waals surface area contributed by atoms with Gasteiger partial charge in [-0.05, 0) is 44.2 Å². The molecule has 6 heteroatoms. The van der Waals surface area contributed by atoms with Crippen molar-refractivity contribution in [1.29, 1.82) is 0 Å². The van der Waals surface area contributed by atoms with Crippen molar-refractivity contribution in [2.24, 2.45) is 0 Å². The minimum Gasteiger partial charge on any atom is -0.497 e. The van der Waals surface area contributed by atoms with Crippen molar-refractivity contribution in [3.8, 4) is 22.8 Å². The van der Waals surface area contributed by atoms with Crippen LogP contribution in [0.3, 0.4) is 0 Å². The van der Waals surface area contributed by atoms with E-state index in [1.807, 2.05) is 74.5 Å². The third kappa shape index (κ3) is 4.07. The fourth-order valence-corrected chi connectivity index (χ4v) is 3.13. The van der Waals surface area contributed by atoms with E-state index in [-0.39, 0.29) is 11.7 Å². The van der Waals surface area contributed by atoms with Gasteiger partial charge in [-0.15, -0.1) is 5.10 Å². The van der Waals surface area contributed by atoms with Gasteiger partial charge < -0.3 is 10.1 Å². The molecule has 0 aliphatic carbocycles. The molecular weight excluding hydrogens is 376 g/mol. The van der Waals surface area contributed by atoms with Crippen LogP contribution in [-0.2, 0) is 0 Å². The Morgan fingerprint density at radius 3 is 2.43 bits per heavy atom. The first-order valence-corrected chi connectivity index (χ1v) is 9.60. The highest BCUT2D eigenvalue weighted by Gasteiger charge is 2.19. The minimum atomic E-state index is -0.386. The first-order chi connectivity index (χ1) is 14.5. The highest BCUT2D eigenvalue weighted by molar-refractivity contribution is 6.02. The molecule has 0 fully saturated rings. The molecule has 0 spiro atoms. The molecule has 0 saturated carbocycles. The minimum absolute atomic E-state index is 0.0925. The number of methoxy groups -OCH3 is 1. The van der Waals surface area contributed by atoms with E-state index in [1.54, 1.807) is 23.9 Å². The van der Waals surface area contributed by atoms with Gasteiger partial charge in [0, 0.05) is 17.3 Å². The Balaban J connectivity index is 1.74.